The summed E-state index contributed by atoms with van der Waals surface area (Å²) in [4.78, 5) is 14.7. The van der Waals surface area contributed by atoms with Crippen LogP contribution in [-0.4, -0.2) is 75.0 Å². The van der Waals surface area contributed by atoms with Gasteiger partial charge in [0.1, 0.15) is 0 Å². The van der Waals surface area contributed by atoms with Crippen LogP contribution in [0.3, 0.4) is 0 Å². The summed E-state index contributed by atoms with van der Waals surface area (Å²) in [5, 5.41) is 49.1. The van der Waals surface area contributed by atoms with Crippen molar-refractivity contribution in [1.29, 1.82) is 0 Å². The van der Waals surface area contributed by atoms with Gasteiger partial charge in [0.15, 0.2) is 0 Å². The Labute approximate surface area is 241 Å². The molecule has 0 bridgehead atoms. The third-order valence-electron chi connectivity index (χ3n) is 4.94. The number of hydrogen-bond donors (Lipinski definition) is 7. The molecular weight excluding hydrogens is 608 g/mol. The smallest absolute Gasteiger partial charge is 0.294 e. The molecule has 0 atom stereocenters. The van der Waals surface area contributed by atoms with Crippen LogP contribution in [0.4, 0.5) is 29.2 Å². The van der Waals surface area contributed by atoms with Crippen LogP contribution < -0.4 is 15.5 Å². The maximum absolute atomic E-state index is 11.7. The van der Waals surface area contributed by atoms with Gasteiger partial charge in [-0.15, -0.1) is 8.67 Å². The molecule has 0 fully saturated rings. The molecule has 1 heterocycles. The molecule has 0 aliphatic carbocycles. The van der Waals surface area contributed by atoms with Crippen LogP contribution in [0.2, 0.25) is 0 Å². The second kappa shape index (κ2) is 15.8. The van der Waals surface area contributed by atoms with E-state index in [9.17, 15) is 23.2 Å². The Morgan fingerprint density at radius 1 is 0.902 bits per heavy atom. The van der Waals surface area contributed by atoms with Gasteiger partial charge in [0.25, 0.3) is 10.1 Å². The van der Waals surface area contributed by atoms with Crippen molar-refractivity contribution in [1.82, 2.24) is 15.0 Å². The van der Waals surface area contributed by atoms with Crippen LogP contribution in [0, 0.1) is 0 Å². The van der Waals surface area contributed by atoms with Crippen molar-refractivity contribution < 1.29 is 52.4 Å². The predicted molar refractivity (Wildman–Crippen MR) is 147 cm³/mol. The Bertz CT molecular complexity index is 1430. The fraction of sp³-hybridized carbons (Fsp3) is 0.190. The van der Waals surface area contributed by atoms with Crippen molar-refractivity contribution in [2.75, 3.05) is 41.8 Å². The molecule has 0 amide bonds. The Morgan fingerprint density at radius 3 is 2.12 bits per heavy atom. The van der Waals surface area contributed by atoms with Crippen molar-refractivity contribution in [3.05, 3.63) is 48.5 Å². The van der Waals surface area contributed by atoms with Gasteiger partial charge in [0, 0.05) is 23.7 Å². The number of aromatic nitrogens is 3. The number of nitrogens with zero attached hydrogens (tertiary/aromatic N) is 4. The highest BCUT2D eigenvalue weighted by atomic mass is 32.2. The number of aliphatic hydroxyl groups is 2. The van der Waals surface area contributed by atoms with E-state index in [1.807, 2.05) is 0 Å². The topological polar surface area (TPSA) is 238 Å². The van der Waals surface area contributed by atoms with Gasteiger partial charge in [-0.05, 0) is 35.9 Å². The first-order valence-electron chi connectivity index (χ1n) is 11.2. The van der Waals surface area contributed by atoms with E-state index in [0.717, 1.165) is 12.1 Å². The summed E-state index contributed by atoms with van der Waals surface area (Å²) >= 11 is 1.22. The molecule has 1 aromatic heterocycles. The van der Waals surface area contributed by atoms with E-state index < -0.39 is 15.0 Å². The Morgan fingerprint density at radius 2 is 1.54 bits per heavy atom. The number of anilines is 5. The van der Waals surface area contributed by atoms with E-state index in [1.54, 1.807) is 24.3 Å². The quantitative estimate of drug-likeness (QED) is 0.0490. The number of hydrogen-bond acceptors (Lipinski definition) is 18. The van der Waals surface area contributed by atoms with Crippen molar-refractivity contribution in [2.24, 2.45) is 0 Å². The van der Waals surface area contributed by atoms with Crippen molar-refractivity contribution in [3.63, 3.8) is 0 Å². The molecule has 0 unspecified atom stereocenters. The van der Waals surface area contributed by atoms with Crippen LogP contribution in [0.5, 0.6) is 0 Å². The van der Waals surface area contributed by atoms with E-state index in [4.69, 9.17) is 10.5 Å². The van der Waals surface area contributed by atoms with Crippen LogP contribution in [-0.2, 0) is 28.9 Å². The minimum atomic E-state index is -4.60. The highest BCUT2D eigenvalue weighted by Crippen LogP contribution is 2.33. The molecule has 2 aromatic carbocycles. The standard InChI is InChI=1S/C21H24N6O11S3/c1-2-13-3-4-14(11-18(13)40-38-36-31)22-19-24-20(26-21(25-19)27(7-9-28)8-10-29)23-16-12-15(41(32,33)34)5-6-17(16)39-37-35-30/h2-6,11-12,28-31H,1,7-10H2,(H,32,33,34)(H2,22,23,24,25,26). The Kier molecular flexibility index (Phi) is 12.5. The normalized spacial score (nSPS) is 11.3. The molecule has 0 aliphatic rings. The molecule has 17 nitrogen and oxygen atoms in total. The first kappa shape index (κ1) is 32.4. The summed E-state index contributed by atoms with van der Waals surface area (Å²) < 4.78 is 41.9. The van der Waals surface area contributed by atoms with Crippen molar-refractivity contribution >= 4 is 69.5 Å². The van der Waals surface area contributed by atoms with Crippen LogP contribution in [0.25, 0.3) is 6.08 Å². The lowest BCUT2D eigenvalue weighted by Crippen LogP contribution is -2.31. The summed E-state index contributed by atoms with van der Waals surface area (Å²) in [5.74, 6) is -0.125. The van der Waals surface area contributed by atoms with Gasteiger partial charge >= 0.3 is 0 Å². The zero-order valence-electron chi connectivity index (χ0n) is 20.8. The Balaban J connectivity index is 2.07. The third-order valence-corrected chi connectivity index (χ3v) is 7.12. The molecule has 0 saturated carbocycles. The lowest BCUT2D eigenvalue weighted by Gasteiger charge is -2.22. The fourth-order valence-corrected chi connectivity index (χ4v) is 4.68. The molecule has 3 rings (SSSR count). The van der Waals surface area contributed by atoms with E-state index in [2.05, 4.69) is 50.9 Å². The largest absolute Gasteiger partial charge is 0.395 e. The van der Waals surface area contributed by atoms with E-state index in [1.165, 1.54) is 11.0 Å². The van der Waals surface area contributed by atoms with E-state index >= 15 is 0 Å². The summed E-state index contributed by atoms with van der Waals surface area (Å²) in [7, 11) is -4.60. The van der Waals surface area contributed by atoms with Crippen LogP contribution in [0.1, 0.15) is 5.56 Å². The first-order valence-corrected chi connectivity index (χ1v) is 14.1. The zero-order valence-corrected chi connectivity index (χ0v) is 23.2. The molecule has 3 aromatic rings. The Hall–Kier alpha value is -3.12. The lowest BCUT2D eigenvalue weighted by atomic mass is 10.2. The van der Waals surface area contributed by atoms with Gasteiger partial charge in [0.2, 0.25) is 17.8 Å². The number of aliphatic hydroxyl groups excluding tert-OH is 2. The number of nitrogens with one attached hydrogen (secondary N) is 2. The highest BCUT2D eigenvalue weighted by molar-refractivity contribution is 7.95. The summed E-state index contributed by atoms with van der Waals surface area (Å²) in [6.07, 6.45) is 1.55. The minimum absolute atomic E-state index is 0.0184. The van der Waals surface area contributed by atoms with Crippen molar-refractivity contribution in [2.45, 2.75) is 14.7 Å². The highest BCUT2D eigenvalue weighted by Gasteiger charge is 2.18. The average Bonchev–Trinajstić information content (AvgIpc) is 2.94. The van der Waals surface area contributed by atoms with Gasteiger partial charge in [0.05, 0.1) is 52.8 Å². The molecule has 41 heavy (non-hydrogen) atoms. The number of rotatable bonds is 17. The molecule has 20 heteroatoms. The van der Waals surface area contributed by atoms with E-state index in [-0.39, 0.29) is 54.7 Å². The monoisotopic (exact) mass is 632 g/mol. The molecule has 0 radical (unpaired) electrons. The predicted octanol–water partition coefficient (Wildman–Crippen LogP) is 2.90. The van der Waals surface area contributed by atoms with E-state index in [0.29, 0.717) is 40.2 Å². The second-order valence-electron chi connectivity index (χ2n) is 7.51. The molecule has 0 spiro atoms. The van der Waals surface area contributed by atoms with Gasteiger partial charge in [-0.25, -0.2) is 10.5 Å². The summed E-state index contributed by atoms with van der Waals surface area (Å²) in [6.45, 7) is 3.24. The maximum Gasteiger partial charge on any atom is 0.294 e. The minimum Gasteiger partial charge on any atom is -0.395 e. The molecule has 0 aliphatic heterocycles. The molecule has 7 N–H and O–H groups in total. The summed E-state index contributed by atoms with van der Waals surface area (Å²) in [5.41, 5.74) is 1.14. The maximum atomic E-state index is 11.7. The zero-order chi connectivity index (χ0) is 29.8. The van der Waals surface area contributed by atoms with Gasteiger partial charge in [-0.2, -0.15) is 23.4 Å². The first-order chi connectivity index (χ1) is 19.7. The molecular formula is C21H24N6O11S3. The van der Waals surface area contributed by atoms with Crippen molar-refractivity contribution in [3.8, 4) is 0 Å². The van der Waals surface area contributed by atoms with Gasteiger partial charge in [-0.3, -0.25) is 4.55 Å². The van der Waals surface area contributed by atoms with Crippen LogP contribution in [0.15, 0.2) is 57.7 Å². The lowest BCUT2D eigenvalue weighted by molar-refractivity contribution is -0.432. The van der Waals surface area contributed by atoms with Gasteiger partial charge in [-0.1, -0.05) is 28.8 Å². The molecule has 0 saturated heterocycles. The summed E-state index contributed by atoms with van der Waals surface area (Å²) in [6, 6.07) is 8.40. The third kappa shape index (κ3) is 9.46. The second-order valence-corrected chi connectivity index (χ2v) is 10.4. The SMILES string of the molecule is C=Cc1ccc(Nc2nc(Nc3cc(S(=O)(=O)O)ccc3SOOO)nc(N(CCO)CCO)n2)cc1SOOO. The van der Waals surface area contributed by atoms with Gasteiger partial charge < -0.3 is 25.7 Å². The van der Waals surface area contributed by atoms with Crippen LogP contribution >= 0.6 is 24.1 Å². The molecule has 222 valence electrons. The average molecular weight is 633 g/mol. The number of benzene rings is 2. The fourth-order valence-electron chi connectivity index (χ4n) is 3.22.